The first kappa shape index (κ1) is 24.5. The van der Waals surface area contributed by atoms with E-state index < -0.39 is 18.2 Å². The molecule has 0 aliphatic carbocycles. The van der Waals surface area contributed by atoms with Crippen molar-refractivity contribution in [3.8, 4) is 34.5 Å². The zero-order valence-electron chi connectivity index (χ0n) is 18.9. The van der Waals surface area contributed by atoms with E-state index in [-0.39, 0.29) is 46.5 Å². The molecule has 0 radical (unpaired) electrons. The number of aromatic hydroxyl groups is 3. The van der Waals surface area contributed by atoms with Gasteiger partial charge in [0.2, 0.25) is 5.75 Å². The predicted octanol–water partition coefficient (Wildman–Crippen LogP) is 3.33. The molecule has 0 aromatic heterocycles. The van der Waals surface area contributed by atoms with Gasteiger partial charge in [0.25, 0.3) is 0 Å². The third-order valence-electron chi connectivity index (χ3n) is 5.24. The number of hydrogen-bond donors (Lipinski definition) is 4. The van der Waals surface area contributed by atoms with E-state index >= 15 is 0 Å². The molecule has 180 valence electrons. The van der Waals surface area contributed by atoms with Crippen molar-refractivity contribution in [2.75, 3.05) is 21.3 Å². The van der Waals surface area contributed by atoms with E-state index in [9.17, 15) is 25.2 Å². The van der Waals surface area contributed by atoms with Crippen molar-refractivity contribution in [1.82, 2.24) is 0 Å². The molecule has 3 rings (SSSR count). The predicted molar refractivity (Wildman–Crippen MR) is 122 cm³/mol. The molecule has 4 N–H and O–H groups in total. The molecule has 0 bridgehead atoms. The van der Waals surface area contributed by atoms with Gasteiger partial charge in [0, 0.05) is 18.1 Å². The van der Waals surface area contributed by atoms with Gasteiger partial charge in [-0.15, -0.1) is 0 Å². The van der Waals surface area contributed by atoms with Crippen LogP contribution in [0.5, 0.6) is 34.5 Å². The van der Waals surface area contributed by atoms with E-state index in [1.807, 2.05) is 0 Å². The molecule has 0 aliphatic rings. The molecule has 0 amide bonds. The molecule has 3 aromatic carbocycles. The average molecular weight is 470 g/mol. The molecule has 0 heterocycles. The molecule has 0 aliphatic heterocycles. The Hall–Kier alpha value is -4.11. The fourth-order valence-electron chi connectivity index (χ4n) is 3.44. The highest BCUT2D eigenvalue weighted by Gasteiger charge is 2.29. The number of aliphatic hydroxyl groups excluding tert-OH is 1. The fraction of sp³-hybridized carbons (Fsp3) is 0.240. The van der Waals surface area contributed by atoms with Gasteiger partial charge in [-0.25, -0.2) is 4.79 Å². The number of methoxy groups -OCH3 is 3. The summed E-state index contributed by atoms with van der Waals surface area (Å²) in [5.41, 5.74) is 1.03. The van der Waals surface area contributed by atoms with Crippen LogP contribution < -0.4 is 14.2 Å². The highest BCUT2D eigenvalue weighted by Crippen LogP contribution is 2.38. The van der Waals surface area contributed by atoms with Gasteiger partial charge >= 0.3 is 5.97 Å². The zero-order chi connectivity index (χ0) is 24.8. The summed E-state index contributed by atoms with van der Waals surface area (Å²) in [6.45, 7) is 0. The third-order valence-corrected chi connectivity index (χ3v) is 5.24. The van der Waals surface area contributed by atoms with E-state index in [0.29, 0.717) is 11.1 Å². The summed E-state index contributed by atoms with van der Waals surface area (Å²) in [5.74, 6) is -0.797. The first-order valence-corrected chi connectivity index (χ1v) is 10.3. The molecule has 0 fully saturated rings. The lowest BCUT2D eigenvalue weighted by Gasteiger charge is -2.25. The van der Waals surface area contributed by atoms with Gasteiger partial charge < -0.3 is 39.4 Å². The van der Waals surface area contributed by atoms with E-state index in [2.05, 4.69) is 0 Å². The standard InChI is InChI=1S/C25H26O9/c1-31-19-13-17(27)8-9-18(19)23(28)22(10-14-4-6-16(26)7-5-14)34-25(30)15-11-20(32-2)24(29)21(12-15)33-3/h4-9,11-13,22-23,26-29H,10H2,1-3H3. The van der Waals surface area contributed by atoms with Crippen molar-refractivity contribution < 1.29 is 44.2 Å². The number of esters is 1. The number of aliphatic hydroxyl groups is 1. The van der Waals surface area contributed by atoms with Crippen LogP contribution in [0.4, 0.5) is 0 Å². The molecular formula is C25H26O9. The Kier molecular flexibility index (Phi) is 7.70. The number of rotatable bonds is 9. The molecule has 9 nitrogen and oxygen atoms in total. The Morgan fingerprint density at radius 1 is 0.794 bits per heavy atom. The molecule has 2 atom stereocenters. The van der Waals surface area contributed by atoms with Crippen molar-refractivity contribution in [2.24, 2.45) is 0 Å². The topological polar surface area (TPSA) is 135 Å². The fourth-order valence-corrected chi connectivity index (χ4v) is 3.44. The van der Waals surface area contributed by atoms with Crippen molar-refractivity contribution in [3.05, 3.63) is 71.3 Å². The van der Waals surface area contributed by atoms with Crippen molar-refractivity contribution in [3.63, 3.8) is 0 Å². The van der Waals surface area contributed by atoms with Crippen molar-refractivity contribution in [2.45, 2.75) is 18.6 Å². The maximum atomic E-state index is 13.1. The van der Waals surface area contributed by atoms with Gasteiger partial charge in [-0.2, -0.15) is 0 Å². The molecule has 9 heteroatoms. The summed E-state index contributed by atoms with van der Waals surface area (Å²) >= 11 is 0. The summed E-state index contributed by atoms with van der Waals surface area (Å²) in [5, 5.41) is 40.6. The van der Waals surface area contributed by atoms with E-state index in [1.54, 1.807) is 12.1 Å². The van der Waals surface area contributed by atoms with Gasteiger partial charge in [-0.05, 0) is 42.0 Å². The second kappa shape index (κ2) is 10.7. The van der Waals surface area contributed by atoms with E-state index in [0.717, 1.165) is 0 Å². The number of carbonyl (C=O) groups is 1. The number of ether oxygens (including phenoxy) is 4. The largest absolute Gasteiger partial charge is 0.508 e. The van der Waals surface area contributed by atoms with Crippen LogP contribution in [-0.2, 0) is 11.2 Å². The number of phenolic OH excluding ortho intramolecular Hbond substituents is 3. The molecule has 0 saturated carbocycles. The molecule has 0 saturated heterocycles. The minimum Gasteiger partial charge on any atom is -0.508 e. The zero-order valence-corrected chi connectivity index (χ0v) is 18.9. The van der Waals surface area contributed by atoms with Gasteiger partial charge in [0.05, 0.1) is 26.9 Å². The van der Waals surface area contributed by atoms with Crippen LogP contribution in [0, 0.1) is 0 Å². The monoisotopic (exact) mass is 470 g/mol. The first-order chi connectivity index (χ1) is 16.3. The van der Waals surface area contributed by atoms with Gasteiger partial charge in [-0.1, -0.05) is 12.1 Å². The van der Waals surface area contributed by atoms with Crippen LogP contribution in [-0.4, -0.2) is 53.8 Å². The normalized spacial score (nSPS) is 12.5. The summed E-state index contributed by atoms with van der Waals surface area (Å²) in [4.78, 5) is 13.1. The number of carbonyl (C=O) groups excluding carboxylic acids is 1. The number of hydrogen-bond acceptors (Lipinski definition) is 9. The lowest BCUT2D eigenvalue weighted by Crippen LogP contribution is -2.28. The maximum absolute atomic E-state index is 13.1. The Labute approximate surface area is 196 Å². The third kappa shape index (κ3) is 5.44. The average Bonchev–Trinajstić information content (AvgIpc) is 2.84. The van der Waals surface area contributed by atoms with E-state index in [1.165, 1.54) is 63.8 Å². The Balaban J connectivity index is 1.97. The molecule has 34 heavy (non-hydrogen) atoms. The molecule has 0 spiro atoms. The first-order valence-electron chi connectivity index (χ1n) is 10.3. The summed E-state index contributed by atoms with van der Waals surface area (Å²) in [7, 11) is 4.05. The summed E-state index contributed by atoms with van der Waals surface area (Å²) < 4.78 is 21.2. The number of benzene rings is 3. The molecule has 2 unspecified atom stereocenters. The minimum atomic E-state index is -1.32. The summed E-state index contributed by atoms with van der Waals surface area (Å²) in [6, 6.07) is 13.0. The van der Waals surface area contributed by atoms with Crippen LogP contribution in [0.15, 0.2) is 54.6 Å². The van der Waals surface area contributed by atoms with Crippen LogP contribution in [0.3, 0.4) is 0 Å². The molecule has 3 aromatic rings. The van der Waals surface area contributed by atoms with Gasteiger partial charge in [0.1, 0.15) is 29.5 Å². The van der Waals surface area contributed by atoms with Crippen LogP contribution in [0.2, 0.25) is 0 Å². The SMILES string of the molecule is COc1cc(O)ccc1C(O)C(Cc1ccc(O)cc1)OC(=O)c1cc(OC)c(O)c(OC)c1. The Morgan fingerprint density at radius 2 is 1.35 bits per heavy atom. The van der Waals surface area contributed by atoms with Crippen LogP contribution >= 0.6 is 0 Å². The number of phenols is 3. The van der Waals surface area contributed by atoms with Gasteiger partial charge in [-0.3, -0.25) is 0 Å². The smallest absolute Gasteiger partial charge is 0.338 e. The Bertz CT molecular complexity index is 1120. The second-order valence-electron chi connectivity index (χ2n) is 7.41. The minimum absolute atomic E-state index is 0.0159. The lowest BCUT2D eigenvalue weighted by atomic mass is 9.97. The second-order valence-corrected chi connectivity index (χ2v) is 7.41. The quantitative estimate of drug-likeness (QED) is 0.347. The van der Waals surface area contributed by atoms with Crippen molar-refractivity contribution in [1.29, 1.82) is 0 Å². The lowest BCUT2D eigenvalue weighted by molar-refractivity contribution is -0.0198. The van der Waals surface area contributed by atoms with Crippen LogP contribution in [0.25, 0.3) is 0 Å². The van der Waals surface area contributed by atoms with Gasteiger partial charge in [0.15, 0.2) is 11.5 Å². The van der Waals surface area contributed by atoms with Crippen LogP contribution in [0.1, 0.15) is 27.6 Å². The maximum Gasteiger partial charge on any atom is 0.338 e. The van der Waals surface area contributed by atoms with E-state index in [4.69, 9.17) is 18.9 Å². The highest BCUT2D eigenvalue weighted by molar-refractivity contribution is 5.91. The van der Waals surface area contributed by atoms with Crippen molar-refractivity contribution >= 4 is 5.97 Å². The summed E-state index contributed by atoms with van der Waals surface area (Å²) in [6.07, 6.45) is -2.31. The Morgan fingerprint density at radius 3 is 1.91 bits per heavy atom. The molecular weight excluding hydrogens is 444 g/mol. The highest BCUT2D eigenvalue weighted by atomic mass is 16.6.